The molecular formula is C31H32ClN5O5. The number of aromatic nitrogens is 2. The van der Waals surface area contributed by atoms with Gasteiger partial charge in [-0.1, -0.05) is 23.7 Å². The van der Waals surface area contributed by atoms with Gasteiger partial charge >= 0.3 is 0 Å². The van der Waals surface area contributed by atoms with Crippen LogP contribution >= 0.6 is 11.6 Å². The van der Waals surface area contributed by atoms with Gasteiger partial charge < -0.3 is 28.6 Å². The molecule has 5 rings (SSSR count). The predicted octanol–water partition coefficient (Wildman–Crippen LogP) is 4.79. The van der Waals surface area contributed by atoms with Crippen LogP contribution in [0.5, 0.6) is 11.5 Å². The van der Waals surface area contributed by atoms with Crippen LogP contribution in [0.4, 0.5) is 5.82 Å². The SMILES string of the molecule is COc1ccc(-c2ccc(N3CCCN(C(=O)CN(Cc4ccco4)C(=O)c4ccccc4Cl)CC3)nn2)c(OC)c1. The van der Waals surface area contributed by atoms with Gasteiger partial charge in [-0.2, -0.15) is 0 Å². The molecule has 0 N–H and O–H groups in total. The molecule has 1 aliphatic heterocycles. The highest BCUT2D eigenvalue weighted by atomic mass is 35.5. The fourth-order valence-corrected chi connectivity index (χ4v) is 5.12. The number of rotatable bonds is 9. The highest BCUT2D eigenvalue weighted by Crippen LogP contribution is 2.32. The molecule has 218 valence electrons. The highest BCUT2D eigenvalue weighted by molar-refractivity contribution is 6.33. The van der Waals surface area contributed by atoms with Crippen LogP contribution in [0.25, 0.3) is 11.3 Å². The van der Waals surface area contributed by atoms with Gasteiger partial charge in [-0.25, -0.2) is 0 Å². The van der Waals surface area contributed by atoms with Gasteiger partial charge in [-0.3, -0.25) is 9.59 Å². The maximum Gasteiger partial charge on any atom is 0.256 e. The second kappa shape index (κ2) is 13.4. The van der Waals surface area contributed by atoms with E-state index in [1.54, 1.807) is 61.8 Å². The summed E-state index contributed by atoms with van der Waals surface area (Å²) < 4.78 is 16.3. The number of anilines is 1. The van der Waals surface area contributed by atoms with Crippen molar-refractivity contribution < 1.29 is 23.5 Å². The topological polar surface area (TPSA) is 101 Å². The number of carbonyl (C=O) groups excluding carboxylic acids is 2. The van der Waals surface area contributed by atoms with Gasteiger partial charge in [0.05, 0.1) is 43.3 Å². The molecule has 4 aromatic rings. The van der Waals surface area contributed by atoms with E-state index in [1.165, 1.54) is 4.90 Å². The minimum absolute atomic E-state index is 0.0943. The van der Waals surface area contributed by atoms with Crippen LogP contribution < -0.4 is 14.4 Å². The molecule has 1 fully saturated rings. The van der Waals surface area contributed by atoms with Crippen LogP contribution in [0.1, 0.15) is 22.5 Å². The predicted molar refractivity (Wildman–Crippen MR) is 159 cm³/mol. The van der Waals surface area contributed by atoms with Crippen molar-refractivity contribution in [1.29, 1.82) is 0 Å². The van der Waals surface area contributed by atoms with E-state index in [9.17, 15) is 9.59 Å². The number of benzene rings is 2. The van der Waals surface area contributed by atoms with E-state index in [0.29, 0.717) is 53.2 Å². The number of ether oxygens (including phenoxy) is 2. The lowest BCUT2D eigenvalue weighted by molar-refractivity contribution is -0.131. The molecule has 1 saturated heterocycles. The van der Waals surface area contributed by atoms with E-state index in [1.807, 2.05) is 30.3 Å². The first-order valence-electron chi connectivity index (χ1n) is 13.6. The zero-order valence-electron chi connectivity index (χ0n) is 23.5. The first-order chi connectivity index (χ1) is 20.5. The molecular weight excluding hydrogens is 558 g/mol. The molecule has 0 atom stereocenters. The molecule has 0 bridgehead atoms. The molecule has 2 amide bonds. The zero-order chi connectivity index (χ0) is 29.5. The summed E-state index contributed by atoms with van der Waals surface area (Å²) in [7, 11) is 3.21. The van der Waals surface area contributed by atoms with Gasteiger partial charge in [-0.15, -0.1) is 10.2 Å². The lowest BCUT2D eigenvalue weighted by Crippen LogP contribution is -2.44. The Labute approximate surface area is 249 Å². The Morgan fingerprint density at radius 3 is 2.52 bits per heavy atom. The van der Waals surface area contributed by atoms with E-state index in [4.69, 9.17) is 25.5 Å². The van der Waals surface area contributed by atoms with Crippen molar-refractivity contribution in [3.05, 3.63) is 89.3 Å². The minimum atomic E-state index is -0.328. The van der Waals surface area contributed by atoms with Gasteiger partial charge in [0.1, 0.15) is 23.8 Å². The van der Waals surface area contributed by atoms with E-state index >= 15 is 0 Å². The summed E-state index contributed by atoms with van der Waals surface area (Å²) in [6.07, 6.45) is 2.29. The number of methoxy groups -OCH3 is 2. The fourth-order valence-electron chi connectivity index (χ4n) is 4.90. The quantitative estimate of drug-likeness (QED) is 0.275. The molecule has 0 saturated carbocycles. The molecule has 3 heterocycles. The van der Waals surface area contributed by atoms with Crippen LogP contribution in [-0.4, -0.2) is 78.8 Å². The molecule has 0 unspecified atom stereocenters. The first kappa shape index (κ1) is 28.9. The molecule has 11 heteroatoms. The van der Waals surface area contributed by atoms with Crippen molar-refractivity contribution in [1.82, 2.24) is 20.0 Å². The third-order valence-electron chi connectivity index (χ3n) is 7.15. The zero-order valence-corrected chi connectivity index (χ0v) is 24.3. The Morgan fingerprint density at radius 2 is 1.81 bits per heavy atom. The van der Waals surface area contributed by atoms with Crippen molar-refractivity contribution in [2.75, 3.05) is 51.8 Å². The number of carbonyl (C=O) groups is 2. The summed E-state index contributed by atoms with van der Waals surface area (Å²) in [5, 5.41) is 9.26. The molecule has 2 aromatic heterocycles. The average Bonchev–Trinajstić information content (AvgIpc) is 3.41. The number of nitrogens with zero attached hydrogens (tertiary/aromatic N) is 5. The van der Waals surface area contributed by atoms with Crippen molar-refractivity contribution >= 4 is 29.2 Å². The van der Waals surface area contributed by atoms with Crippen LogP contribution in [0, 0.1) is 0 Å². The molecule has 0 spiro atoms. The van der Waals surface area contributed by atoms with Gasteiger partial charge in [0.2, 0.25) is 5.91 Å². The number of hydrogen-bond donors (Lipinski definition) is 0. The number of furan rings is 1. The monoisotopic (exact) mass is 589 g/mol. The van der Waals surface area contributed by atoms with E-state index in [-0.39, 0.29) is 24.9 Å². The number of amides is 2. The maximum absolute atomic E-state index is 13.5. The standard InChI is InChI=1S/C31H32ClN5O5/c1-40-22-10-11-25(28(19-22)41-2)27-12-13-29(34-33-27)35-14-6-15-36(17-16-35)30(38)21-37(20-23-7-5-18-42-23)31(39)24-8-3-4-9-26(24)32/h3-5,7-13,18-19H,6,14-17,20-21H2,1-2H3. The molecule has 10 nitrogen and oxygen atoms in total. The number of halogens is 1. The molecule has 2 aromatic carbocycles. The lowest BCUT2D eigenvalue weighted by atomic mass is 10.1. The summed E-state index contributed by atoms with van der Waals surface area (Å²) in [6, 6.07) is 19.7. The summed E-state index contributed by atoms with van der Waals surface area (Å²) in [4.78, 5) is 32.3. The minimum Gasteiger partial charge on any atom is -0.497 e. The molecule has 0 aliphatic carbocycles. The van der Waals surface area contributed by atoms with E-state index in [2.05, 4.69) is 15.1 Å². The first-order valence-corrected chi connectivity index (χ1v) is 14.0. The normalized spacial score (nSPS) is 13.4. The average molecular weight is 590 g/mol. The van der Waals surface area contributed by atoms with Crippen LogP contribution in [0.15, 0.2) is 77.4 Å². The molecule has 42 heavy (non-hydrogen) atoms. The van der Waals surface area contributed by atoms with Crippen molar-refractivity contribution in [2.24, 2.45) is 0 Å². The maximum atomic E-state index is 13.5. The van der Waals surface area contributed by atoms with E-state index in [0.717, 1.165) is 24.3 Å². The van der Waals surface area contributed by atoms with Crippen molar-refractivity contribution in [3.8, 4) is 22.8 Å². The smallest absolute Gasteiger partial charge is 0.256 e. The second-order valence-corrected chi connectivity index (χ2v) is 10.2. The molecule has 1 aliphatic rings. The summed E-state index contributed by atoms with van der Waals surface area (Å²) in [6.45, 7) is 2.43. The second-order valence-electron chi connectivity index (χ2n) is 9.78. The Morgan fingerprint density at radius 1 is 0.952 bits per heavy atom. The molecule has 0 radical (unpaired) electrons. The van der Waals surface area contributed by atoms with Crippen molar-refractivity contribution in [3.63, 3.8) is 0 Å². The van der Waals surface area contributed by atoms with Gasteiger partial charge in [0, 0.05) is 37.8 Å². The fraction of sp³-hybridized carbons (Fsp3) is 0.290. The largest absolute Gasteiger partial charge is 0.497 e. The third kappa shape index (κ3) is 6.66. The lowest BCUT2D eigenvalue weighted by Gasteiger charge is -2.27. The van der Waals surface area contributed by atoms with Crippen LogP contribution in [0.3, 0.4) is 0 Å². The summed E-state index contributed by atoms with van der Waals surface area (Å²) in [5.41, 5.74) is 1.84. The Hall–Kier alpha value is -4.57. The highest BCUT2D eigenvalue weighted by Gasteiger charge is 2.26. The van der Waals surface area contributed by atoms with E-state index < -0.39 is 0 Å². The van der Waals surface area contributed by atoms with Gasteiger partial charge in [-0.05, 0) is 55.0 Å². The Balaban J connectivity index is 1.25. The van der Waals surface area contributed by atoms with Gasteiger partial charge in [0.15, 0.2) is 5.82 Å². The van der Waals surface area contributed by atoms with Crippen LogP contribution in [-0.2, 0) is 11.3 Å². The number of hydrogen-bond acceptors (Lipinski definition) is 8. The summed E-state index contributed by atoms with van der Waals surface area (Å²) >= 11 is 6.30. The van der Waals surface area contributed by atoms with Gasteiger partial charge in [0.25, 0.3) is 5.91 Å². The Bertz CT molecular complexity index is 1510. The summed E-state index contributed by atoms with van der Waals surface area (Å²) in [5.74, 6) is 2.19. The van der Waals surface area contributed by atoms with Crippen molar-refractivity contribution in [2.45, 2.75) is 13.0 Å². The Kier molecular flexibility index (Phi) is 9.23. The third-order valence-corrected chi connectivity index (χ3v) is 7.48. The van der Waals surface area contributed by atoms with Crippen LogP contribution in [0.2, 0.25) is 5.02 Å².